The first kappa shape index (κ1) is 15.6. The van der Waals surface area contributed by atoms with Crippen LogP contribution in [0.3, 0.4) is 0 Å². The van der Waals surface area contributed by atoms with E-state index >= 15 is 0 Å². The predicted octanol–water partition coefficient (Wildman–Crippen LogP) is 2.84. The summed E-state index contributed by atoms with van der Waals surface area (Å²) < 4.78 is 10.3. The average Bonchev–Trinajstić information content (AvgIpc) is 2.44. The SMILES string of the molecule is COc1ccc(C(=O)NC(C)CCCCl)c(OC)c1. The second kappa shape index (κ2) is 7.89. The Balaban J connectivity index is 2.76. The minimum atomic E-state index is -0.151. The molecule has 1 rings (SSSR count). The lowest BCUT2D eigenvalue weighted by Gasteiger charge is -2.15. The van der Waals surface area contributed by atoms with Gasteiger partial charge in [-0.25, -0.2) is 0 Å². The Hall–Kier alpha value is -1.42. The molecule has 0 spiro atoms. The lowest BCUT2D eigenvalue weighted by atomic mass is 10.1. The van der Waals surface area contributed by atoms with Crippen LogP contribution < -0.4 is 14.8 Å². The van der Waals surface area contributed by atoms with Crippen molar-refractivity contribution in [3.63, 3.8) is 0 Å². The molecular formula is C14H20ClNO3. The number of nitrogens with one attached hydrogen (secondary N) is 1. The van der Waals surface area contributed by atoms with Gasteiger partial charge in [0.25, 0.3) is 5.91 Å². The maximum absolute atomic E-state index is 12.1. The van der Waals surface area contributed by atoms with Gasteiger partial charge in [-0.1, -0.05) is 0 Å². The highest BCUT2D eigenvalue weighted by molar-refractivity contribution is 6.17. The van der Waals surface area contributed by atoms with E-state index in [2.05, 4.69) is 5.32 Å². The Labute approximate surface area is 119 Å². The maximum Gasteiger partial charge on any atom is 0.255 e. The molecule has 0 aromatic heterocycles. The van der Waals surface area contributed by atoms with E-state index in [1.165, 1.54) is 7.11 Å². The van der Waals surface area contributed by atoms with E-state index in [0.29, 0.717) is 22.9 Å². The first-order valence-electron chi connectivity index (χ1n) is 6.21. The largest absolute Gasteiger partial charge is 0.497 e. The second-order valence-electron chi connectivity index (χ2n) is 4.27. The molecule has 0 saturated heterocycles. The Kier molecular flexibility index (Phi) is 6.50. The molecule has 0 radical (unpaired) electrons. The van der Waals surface area contributed by atoms with Gasteiger partial charge in [-0.05, 0) is 31.9 Å². The molecule has 1 unspecified atom stereocenters. The summed E-state index contributed by atoms with van der Waals surface area (Å²) in [6.45, 7) is 1.96. The van der Waals surface area contributed by atoms with E-state index in [4.69, 9.17) is 21.1 Å². The molecule has 0 heterocycles. The molecule has 0 aliphatic heterocycles. The van der Waals surface area contributed by atoms with Crippen molar-refractivity contribution >= 4 is 17.5 Å². The van der Waals surface area contributed by atoms with Crippen LogP contribution >= 0.6 is 11.6 Å². The van der Waals surface area contributed by atoms with E-state index in [0.717, 1.165) is 12.8 Å². The summed E-state index contributed by atoms with van der Waals surface area (Å²) in [6.07, 6.45) is 1.73. The fourth-order valence-electron chi connectivity index (χ4n) is 1.74. The zero-order valence-corrected chi connectivity index (χ0v) is 12.3. The van der Waals surface area contributed by atoms with Gasteiger partial charge in [-0.3, -0.25) is 4.79 Å². The standard InChI is InChI=1S/C14H20ClNO3/c1-10(5-4-8-15)16-14(17)12-7-6-11(18-2)9-13(12)19-3/h6-7,9-10H,4-5,8H2,1-3H3,(H,16,17). The molecule has 1 N–H and O–H groups in total. The van der Waals surface area contributed by atoms with E-state index in [-0.39, 0.29) is 11.9 Å². The van der Waals surface area contributed by atoms with Gasteiger partial charge in [0.2, 0.25) is 0 Å². The monoisotopic (exact) mass is 285 g/mol. The fourth-order valence-corrected chi connectivity index (χ4v) is 1.90. The van der Waals surface area contributed by atoms with Crippen LogP contribution in [-0.4, -0.2) is 32.0 Å². The Bertz CT molecular complexity index is 423. The number of carbonyl (C=O) groups is 1. The highest BCUT2D eigenvalue weighted by atomic mass is 35.5. The van der Waals surface area contributed by atoms with Crippen molar-refractivity contribution in [1.82, 2.24) is 5.32 Å². The van der Waals surface area contributed by atoms with Crippen molar-refractivity contribution in [2.75, 3.05) is 20.1 Å². The highest BCUT2D eigenvalue weighted by Gasteiger charge is 2.15. The third-order valence-corrected chi connectivity index (χ3v) is 3.07. The lowest BCUT2D eigenvalue weighted by molar-refractivity contribution is 0.0935. The van der Waals surface area contributed by atoms with E-state index < -0.39 is 0 Å². The smallest absolute Gasteiger partial charge is 0.255 e. The van der Waals surface area contributed by atoms with Gasteiger partial charge in [0, 0.05) is 18.0 Å². The number of ether oxygens (including phenoxy) is 2. The summed E-state index contributed by atoms with van der Waals surface area (Å²) in [5.41, 5.74) is 0.501. The van der Waals surface area contributed by atoms with Gasteiger partial charge in [-0.2, -0.15) is 0 Å². The summed E-state index contributed by atoms with van der Waals surface area (Å²) in [4.78, 5) is 12.1. The topological polar surface area (TPSA) is 47.6 Å². The molecule has 106 valence electrons. The summed E-state index contributed by atoms with van der Waals surface area (Å²) in [6, 6.07) is 5.21. The third kappa shape index (κ3) is 4.63. The minimum absolute atomic E-state index is 0.0815. The molecular weight excluding hydrogens is 266 g/mol. The third-order valence-electron chi connectivity index (χ3n) is 2.80. The van der Waals surface area contributed by atoms with Crippen LogP contribution in [0.15, 0.2) is 18.2 Å². The van der Waals surface area contributed by atoms with Crippen LogP contribution in [0.5, 0.6) is 11.5 Å². The first-order valence-corrected chi connectivity index (χ1v) is 6.74. The van der Waals surface area contributed by atoms with Crippen LogP contribution in [-0.2, 0) is 0 Å². The van der Waals surface area contributed by atoms with Gasteiger partial charge >= 0.3 is 0 Å². The maximum atomic E-state index is 12.1. The van der Waals surface area contributed by atoms with Crippen LogP contribution in [0.1, 0.15) is 30.1 Å². The van der Waals surface area contributed by atoms with Gasteiger partial charge in [0.15, 0.2) is 0 Å². The number of amides is 1. The van der Waals surface area contributed by atoms with Crippen molar-refractivity contribution in [3.05, 3.63) is 23.8 Å². The number of rotatable bonds is 7. The molecule has 1 amide bonds. The fraction of sp³-hybridized carbons (Fsp3) is 0.500. The predicted molar refractivity (Wildman–Crippen MR) is 76.4 cm³/mol. The van der Waals surface area contributed by atoms with E-state index in [1.807, 2.05) is 6.92 Å². The van der Waals surface area contributed by atoms with Gasteiger partial charge in [0.05, 0.1) is 19.8 Å². The van der Waals surface area contributed by atoms with Crippen molar-refractivity contribution in [2.24, 2.45) is 0 Å². The molecule has 0 saturated carbocycles. The van der Waals surface area contributed by atoms with Crippen LogP contribution in [0.2, 0.25) is 0 Å². The molecule has 19 heavy (non-hydrogen) atoms. The molecule has 4 nitrogen and oxygen atoms in total. The van der Waals surface area contributed by atoms with Gasteiger partial charge < -0.3 is 14.8 Å². The van der Waals surface area contributed by atoms with Crippen molar-refractivity contribution in [2.45, 2.75) is 25.8 Å². The average molecular weight is 286 g/mol. The molecule has 0 bridgehead atoms. The number of hydrogen-bond acceptors (Lipinski definition) is 3. The molecule has 0 aliphatic carbocycles. The number of methoxy groups -OCH3 is 2. The zero-order valence-electron chi connectivity index (χ0n) is 11.5. The van der Waals surface area contributed by atoms with E-state index in [1.54, 1.807) is 25.3 Å². The Morgan fingerprint density at radius 1 is 1.37 bits per heavy atom. The first-order chi connectivity index (χ1) is 9.12. The Morgan fingerprint density at radius 3 is 2.68 bits per heavy atom. The normalized spacial score (nSPS) is 11.8. The Morgan fingerprint density at radius 2 is 2.11 bits per heavy atom. The quantitative estimate of drug-likeness (QED) is 0.784. The summed E-state index contributed by atoms with van der Waals surface area (Å²) in [5, 5.41) is 2.92. The number of hydrogen-bond donors (Lipinski definition) is 1. The second-order valence-corrected chi connectivity index (χ2v) is 4.65. The summed E-state index contributed by atoms with van der Waals surface area (Å²) >= 11 is 5.63. The van der Waals surface area contributed by atoms with Crippen LogP contribution in [0.4, 0.5) is 0 Å². The molecule has 1 aromatic rings. The zero-order chi connectivity index (χ0) is 14.3. The number of alkyl halides is 1. The minimum Gasteiger partial charge on any atom is -0.497 e. The van der Waals surface area contributed by atoms with Gasteiger partial charge in [-0.15, -0.1) is 11.6 Å². The summed E-state index contributed by atoms with van der Waals surface area (Å²) in [5.74, 6) is 1.61. The molecule has 1 aromatic carbocycles. The summed E-state index contributed by atoms with van der Waals surface area (Å²) in [7, 11) is 3.10. The molecule has 1 atom stereocenters. The van der Waals surface area contributed by atoms with Crippen molar-refractivity contribution in [3.8, 4) is 11.5 Å². The molecule has 0 aliphatic rings. The number of carbonyl (C=O) groups excluding carboxylic acids is 1. The molecule has 5 heteroatoms. The molecule has 0 fully saturated rings. The van der Waals surface area contributed by atoms with Crippen molar-refractivity contribution in [1.29, 1.82) is 0 Å². The van der Waals surface area contributed by atoms with Crippen molar-refractivity contribution < 1.29 is 14.3 Å². The highest BCUT2D eigenvalue weighted by Crippen LogP contribution is 2.24. The number of halogens is 1. The number of benzene rings is 1. The van der Waals surface area contributed by atoms with E-state index in [9.17, 15) is 4.79 Å². The van der Waals surface area contributed by atoms with Gasteiger partial charge in [0.1, 0.15) is 11.5 Å². The van der Waals surface area contributed by atoms with Crippen LogP contribution in [0.25, 0.3) is 0 Å². The van der Waals surface area contributed by atoms with Crippen LogP contribution in [0, 0.1) is 0 Å². The lowest BCUT2D eigenvalue weighted by Crippen LogP contribution is -2.32.